The Kier molecular flexibility index (Phi) is 11.1. The second kappa shape index (κ2) is 15.6. The number of methoxy groups -OCH3 is 1. The number of carbonyl (C=O) groups is 4. The highest BCUT2D eigenvalue weighted by Gasteiger charge is 2.46. The molecule has 14 heteroatoms. The molecule has 2 aromatic heterocycles. The number of imidazole rings is 2. The number of rotatable bonds is 11. The van der Waals surface area contributed by atoms with Crippen molar-refractivity contribution in [2.45, 2.75) is 90.4 Å². The summed E-state index contributed by atoms with van der Waals surface area (Å²) >= 11 is 0. The van der Waals surface area contributed by atoms with Crippen LogP contribution in [0.2, 0.25) is 0 Å². The summed E-state index contributed by atoms with van der Waals surface area (Å²) in [5, 5.41) is 14.7. The molecule has 4 atom stereocenters. The fraction of sp³-hybridized carbons (Fsp3) is 0.463. The number of carbonyl (C=O) groups excluding carboxylic acids is 3. The summed E-state index contributed by atoms with van der Waals surface area (Å²) in [4.78, 5) is 71.0. The lowest BCUT2D eigenvalue weighted by Gasteiger charge is -2.37. The van der Waals surface area contributed by atoms with Gasteiger partial charge >= 0.3 is 12.2 Å². The molecule has 2 fully saturated rings. The zero-order chi connectivity index (χ0) is 39.7. The Hall–Kier alpha value is -5.66. The Morgan fingerprint density at radius 2 is 1.09 bits per heavy atom. The van der Waals surface area contributed by atoms with E-state index in [-0.39, 0.29) is 35.7 Å². The molecule has 2 aliphatic heterocycles. The van der Waals surface area contributed by atoms with Crippen molar-refractivity contribution in [3.8, 4) is 33.6 Å². The number of aromatic amines is 2. The summed E-state index contributed by atoms with van der Waals surface area (Å²) in [6.07, 6.45) is 4.85. The van der Waals surface area contributed by atoms with Gasteiger partial charge in [-0.1, -0.05) is 76.2 Å². The number of aromatic nitrogens is 4. The van der Waals surface area contributed by atoms with E-state index >= 15 is 0 Å². The van der Waals surface area contributed by atoms with Crippen LogP contribution < -0.4 is 10.6 Å². The predicted molar refractivity (Wildman–Crippen MR) is 208 cm³/mol. The number of carboxylic acid groups (broad SMARTS) is 1. The van der Waals surface area contributed by atoms with E-state index in [0.29, 0.717) is 24.7 Å². The van der Waals surface area contributed by atoms with Crippen molar-refractivity contribution in [2.24, 2.45) is 11.8 Å². The highest BCUT2D eigenvalue weighted by molar-refractivity contribution is 5.91. The van der Waals surface area contributed by atoms with Crippen molar-refractivity contribution in [1.82, 2.24) is 40.4 Å². The molecule has 4 aromatic rings. The maximum atomic E-state index is 13.8. The van der Waals surface area contributed by atoms with Gasteiger partial charge in [-0.15, -0.1) is 0 Å². The van der Waals surface area contributed by atoms with E-state index in [0.717, 1.165) is 59.3 Å². The molecule has 2 saturated heterocycles. The van der Waals surface area contributed by atoms with Crippen LogP contribution in [0.4, 0.5) is 9.59 Å². The van der Waals surface area contributed by atoms with Crippen molar-refractivity contribution >= 4 is 24.0 Å². The first-order valence-corrected chi connectivity index (χ1v) is 19.0. The SMILES string of the molecule is COC(=O)N[C@](C)(C(=O)N1CCC[C@H]1c1ncc(-c2ccc(-c3ccc(-c4cnc([C@@H]5CCCN5C(=O)[C@@](C)(NC(=O)O)C(C)C)[nH]4)cc3)cc2)[nH]1)C(C)C. The quantitative estimate of drug-likeness (QED) is 0.109. The minimum atomic E-state index is -1.25. The Labute approximate surface area is 321 Å². The number of hydrogen-bond donors (Lipinski definition) is 5. The number of benzene rings is 2. The number of ether oxygens (including phenoxy) is 1. The van der Waals surface area contributed by atoms with Gasteiger partial charge in [0.15, 0.2) is 0 Å². The van der Waals surface area contributed by atoms with Crippen LogP contribution >= 0.6 is 0 Å². The zero-order valence-corrected chi connectivity index (χ0v) is 32.6. The van der Waals surface area contributed by atoms with Gasteiger partial charge in [0.1, 0.15) is 22.7 Å². The number of alkyl carbamates (subject to hydrolysis) is 1. The van der Waals surface area contributed by atoms with E-state index < -0.39 is 23.3 Å². The molecule has 0 spiro atoms. The van der Waals surface area contributed by atoms with E-state index in [9.17, 15) is 24.3 Å². The Morgan fingerprint density at radius 3 is 1.45 bits per heavy atom. The molecule has 4 amide bonds. The number of hydrogen-bond acceptors (Lipinski definition) is 7. The van der Waals surface area contributed by atoms with E-state index in [4.69, 9.17) is 4.74 Å². The van der Waals surface area contributed by atoms with Gasteiger partial charge < -0.3 is 40.2 Å². The van der Waals surface area contributed by atoms with Crippen LogP contribution in [-0.2, 0) is 14.3 Å². The van der Waals surface area contributed by atoms with Crippen molar-refractivity contribution in [2.75, 3.05) is 20.2 Å². The van der Waals surface area contributed by atoms with Gasteiger partial charge in [0.05, 0.1) is 43.0 Å². The lowest BCUT2D eigenvalue weighted by atomic mass is 9.86. The molecular weight excluding hydrogens is 701 g/mol. The smallest absolute Gasteiger partial charge is 0.407 e. The average Bonchev–Trinajstić information content (AvgIpc) is 4.00. The standard InChI is InChI=1S/C41H52N8O6/c1-24(2)40(5,46-38(52)53)36(50)48-20-8-10-32(48)34-42-22-30(44-34)28-16-12-26(13-17-28)27-14-18-29(19-15-27)31-23-43-35(45-31)33-11-9-21-49(33)37(51)41(6,25(3)4)47-39(54)55-7/h12-19,22-25,32-33,46H,8-11,20-21H2,1-7H3,(H,42,44)(H,43,45)(H,47,54)(H,52,53)/t32-,33-,40-,41-/m0/s1. The van der Waals surface area contributed by atoms with Gasteiger partial charge in [-0.25, -0.2) is 19.6 Å². The molecule has 14 nitrogen and oxygen atoms in total. The van der Waals surface area contributed by atoms with Gasteiger partial charge in [0.25, 0.3) is 0 Å². The Bertz CT molecular complexity index is 2020. The molecule has 6 rings (SSSR count). The summed E-state index contributed by atoms with van der Waals surface area (Å²) in [7, 11) is 1.29. The molecule has 0 aliphatic carbocycles. The topological polar surface area (TPSA) is 186 Å². The Morgan fingerprint density at radius 1 is 0.709 bits per heavy atom. The van der Waals surface area contributed by atoms with Gasteiger partial charge in [0, 0.05) is 13.1 Å². The molecule has 292 valence electrons. The fourth-order valence-electron chi connectivity index (χ4n) is 7.55. The van der Waals surface area contributed by atoms with Crippen LogP contribution in [0.1, 0.15) is 91.0 Å². The number of nitrogens with one attached hydrogen (secondary N) is 4. The molecule has 4 heterocycles. The van der Waals surface area contributed by atoms with Crippen molar-refractivity contribution in [3.63, 3.8) is 0 Å². The third kappa shape index (κ3) is 7.67. The number of H-pyrrole nitrogens is 2. The molecule has 2 aliphatic rings. The zero-order valence-electron chi connectivity index (χ0n) is 32.6. The molecule has 0 bridgehead atoms. The third-order valence-electron chi connectivity index (χ3n) is 11.7. The average molecular weight is 753 g/mol. The summed E-state index contributed by atoms with van der Waals surface area (Å²) < 4.78 is 4.81. The van der Waals surface area contributed by atoms with E-state index in [1.54, 1.807) is 31.1 Å². The summed E-state index contributed by atoms with van der Waals surface area (Å²) in [5.41, 5.74) is 3.31. The van der Waals surface area contributed by atoms with Crippen molar-refractivity contribution in [1.29, 1.82) is 0 Å². The van der Waals surface area contributed by atoms with Gasteiger partial charge in [0.2, 0.25) is 11.8 Å². The first kappa shape index (κ1) is 39.0. The monoisotopic (exact) mass is 752 g/mol. The lowest BCUT2D eigenvalue weighted by Crippen LogP contribution is -2.60. The van der Waals surface area contributed by atoms with Crippen molar-refractivity contribution < 1.29 is 29.0 Å². The minimum absolute atomic E-state index is 0.161. The molecular formula is C41H52N8O6. The van der Waals surface area contributed by atoms with Crippen LogP contribution in [0.25, 0.3) is 33.6 Å². The van der Waals surface area contributed by atoms with E-state index in [1.807, 2.05) is 56.9 Å². The maximum absolute atomic E-state index is 13.8. The van der Waals surface area contributed by atoms with Crippen LogP contribution in [-0.4, -0.2) is 90.1 Å². The van der Waals surface area contributed by atoms with Crippen LogP contribution in [0, 0.1) is 11.8 Å². The predicted octanol–water partition coefficient (Wildman–Crippen LogP) is 6.91. The number of nitrogens with zero attached hydrogens (tertiary/aromatic N) is 4. The van der Waals surface area contributed by atoms with Crippen LogP contribution in [0.3, 0.4) is 0 Å². The summed E-state index contributed by atoms with van der Waals surface area (Å²) in [5.74, 6) is 0.582. The highest BCUT2D eigenvalue weighted by atomic mass is 16.5. The highest BCUT2D eigenvalue weighted by Crippen LogP contribution is 2.37. The molecule has 55 heavy (non-hydrogen) atoms. The second-order valence-corrected chi connectivity index (χ2v) is 15.6. The molecule has 2 aromatic carbocycles. The first-order chi connectivity index (χ1) is 26.2. The largest absolute Gasteiger partial charge is 0.465 e. The van der Waals surface area contributed by atoms with Crippen LogP contribution in [0.15, 0.2) is 60.9 Å². The Balaban J connectivity index is 1.12. The number of amides is 4. The van der Waals surface area contributed by atoms with E-state index in [2.05, 4.69) is 54.8 Å². The minimum Gasteiger partial charge on any atom is -0.465 e. The summed E-state index contributed by atoms with van der Waals surface area (Å²) in [6.45, 7) is 12.0. The van der Waals surface area contributed by atoms with Crippen LogP contribution in [0.5, 0.6) is 0 Å². The van der Waals surface area contributed by atoms with Gasteiger partial charge in [-0.05, 0) is 73.6 Å². The fourth-order valence-corrected chi connectivity index (χ4v) is 7.55. The molecule has 0 saturated carbocycles. The van der Waals surface area contributed by atoms with E-state index in [1.165, 1.54) is 7.11 Å². The third-order valence-corrected chi connectivity index (χ3v) is 11.7. The summed E-state index contributed by atoms with van der Waals surface area (Å²) in [6, 6.07) is 15.9. The molecule has 5 N–H and O–H groups in total. The normalized spacial score (nSPS) is 19.3. The first-order valence-electron chi connectivity index (χ1n) is 19.0. The molecule has 0 unspecified atom stereocenters. The van der Waals surface area contributed by atoms with Gasteiger partial charge in [-0.3, -0.25) is 9.59 Å². The maximum Gasteiger partial charge on any atom is 0.407 e. The van der Waals surface area contributed by atoms with Crippen molar-refractivity contribution in [3.05, 3.63) is 72.6 Å². The van der Waals surface area contributed by atoms with Gasteiger partial charge in [-0.2, -0.15) is 0 Å². The number of likely N-dealkylation sites (tertiary alicyclic amines) is 2. The second-order valence-electron chi connectivity index (χ2n) is 15.6. The molecule has 0 radical (unpaired) electrons. The lowest BCUT2D eigenvalue weighted by molar-refractivity contribution is -0.141.